The molecule has 0 aliphatic rings. The molecule has 0 fully saturated rings. The molecule has 2 atom stereocenters. The molecule has 0 aromatic carbocycles. The lowest BCUT2D eigenvalue weighted by Crippen LogP contribution is -2.41. The van der Waals surface area contributed by atoms with E-state index in [0.717, 1.165) is 6.42 Å². The number of nitrogens with one attached hydrogen (secondary N) is 1. The van der Waals surface area contributed by atoms with Crippen molar-refractivity contribution >= 4 is 0 Å². The SMILES string of the molecule is CC[C@@H](N[C@H](C)CO)C(C)C. The van der Waals surface area contributed by atoms with Crippen LogP contribution in [-0.2, 0) is 0 Å². The number of aliphatic hydroxyl groups excluding tert-OH is 1. The third kappa shape index (κ3) is 4.38. The van der Waals surface area contributed by atoms with E-state index in [1.807, 2.05) is 6.92 Å². The summed E-state index contributed by atoms with van der Waals surface area (Å²) in [5.74, 6) is 0.647. The second kappa shape index (κ2) is 5.56. The number of rotatable bonds is 5. The summed E-state index contributed by atoms with van der Waals surface area (Å²) in [6.45, 7) is 8.80. The smallest absolute Gasteiger partial charge is 0.0582 e. The van der Waals surface area contributed by atoms with Gasteiger partial charge in [-0.25, -0.2) is 0 Å². The molecule has 68 valence electrons. The van der Waals surface area contributed by atoms with Gasteiger partial charge in [-0.15, -0.1) is 0 Å². The zero-order chi connectivity index (χ0) is 8.85. The van der Waals surface area contributed by atoms with Crippen molar-refractivity contribution in [2.45, 2.75) is 46.2 Å². The van der Waals surface area contributed by atoms with Gasteiger partial charge in [0, 0.05) is 12.1 Å². The third-order valence-electron chi connectivity index (χ3n) is 2.02. The minimum Gasteiger partial charge on any atom is -0.395 e. The van der Waals surface area contributed by atoms with Gasteiger partial charge in [0.2, 0.25) is 0 Å². The van der Waals surface area contributed by atoms with Gasteiger partial charge in [0.25, 0.3) is 0 Å². The lowest BCUT2D eigenvalue weighted by molar-refractivity contribution is 0.227. The van der Waals surface area contributed by atoms with Crippen LogP contribution in [0.3, 0.4) is 0 Å². The van der Waals surface area contributed by atoms with E-state index >= 15 is 0 Å². The van der Waals surface area contributed by atoms with E-state index in [0.29, 0.717) is 12.0 Å². The van der Waals surface area contributed by atoms with E-state index < -0.39 is 0 Å². The van der Waals surface area contributed by atoms with Gasteiger partial charge < -0.3 is 10.4 Å². The standard InChI is InChI=1S/C9H21NO/c1-5-9(7(2)3)10-8(4)6-11/h7-11H,5-6H2,1-4H3/t8-,9-/m1/s1. The summed E-state index contributed by atoms with van der Waals surface area (Å²) < 4.78 is 0. The Labute approximate surface area is 70.0 Å². The van der Waals surface area contributed by atoms with Gasteiger partial charge in [-0.1, -0.05) is 20.8 Å². The molecule has 0 heterocycles. The van der Waals surface area contributed by atoms with Crippen LogP contribution in [0.4, 0.5) is 0 Å². The molecule has 0 saturated heterocycles. The van der Waals surface area contributed by atoms with E-state index in [2.05, 4.69) is 26.1 Å². The largest absolute Gasteiger partial charge is 0.395 e. The molecular weight excluding hydrogens is 138 g/mol. The molecule has 0 amide bonds. The maximum absolute atomic E-state index is 8.80. The van der Waals surface area contributed by atoms with E-state index in [1.54, 1.807) is 0 Å². The molecule has 0 spiro atoms. The summed E-state index contributed by atoms with van der Waals surface area (Å²) in [5.41, 5.74) is 0. The highest BCUT2D eigenvalue weighted by atomic mass is 16.3. The molecule has 0 aliphatic carbocycles. The van der Waals surface area contributed by atoms with Crippen molar-refractivity contribution in [3.63, 3.8) is 0 Å². The topological polar surface area (TPSA) is 32.3 Å². The fourth-order valence-corrected chi connectivity index (χ4v) is 1.20. The highest BCUT2D eigenvalue weighted by Gasteiger charge is 2.12. The molecule has 0 rings (SSSR count). The van der Waals surface area contributed by atoms with Gasteiger partial charge in [0.15, 0.2) is 0 Å². The minimum atomic E-state index is 0.224. The summed E-state index contributed by atoms with van der Waals surface area (Å²) in [4.78, 5) is 0. The maximum Gasteiger partial charge on any atom is 0.0582 e. The van der Waals surface area contributed by atoms with Crippen molar-refractivity contribution in [3.05, 3.63) is 0 Å². The van der Waals surface area contributed by atoms with Gasteiger partial charge in [0.1, 0.15) is 0 Å². The van der Waals surface area contributed by atoms with E-state index in [1.165, 1.54) is 0 Å². The normalized spacial score (nSPS) is 16.9. The summed E-state index contributed by atoms with van der Waals surface area (Å²) in [5, 5.41) is 12.2. The highest BCUT2D eigenvalue weighted by Crippen LogP contribution is 2.05. The first-order chi connectivity index (χ1) is 5.11. The van der Waals surface area contributed by atoms with Crippen LogP contribution in [0.1, 0.15) is 34.1 Å². The van der Waals surface area contributed by atoms with Crippen LogP contribution >= 0.6 is 0 Å². The molecule has 2 heteroatoms. The zero-order valence-electron chi connectivity index (χ0n) is 8.09. The van der Waals surface area contributed by atoms with Gasteiger partial charge in [-0.2, -0.15) is 0 Å². The second-order valence-corrected chi connectivity index (χ2v) is 3.51. The quantitative estimate of drug-likeness (QED) is 0.635. The van der Waals surface area contributed by atoms with Gasteiger partial charge in [-0.05, 0) is 19.3 Å². The first-order valence-corrected chi connectivity index (χ1v) is 4.48. The van der Waals surface area contributed by atoms with Crippen LogP contribution in [0, 0.1) is 5.92 Å². The van der Waals surface area contributed by atoms with Crippen molar-refractivity contribution < 1.29 is 5.11 Å². The first-order valence-electron chi connectivity index (χ1n) is 4.48. The van der Waals surface area contributed by atoms with Crippen LogP contribution in [0.25, 0.3) is 0 Å². The van der Waals surface area contributed by atoms with Crippen molar-refractivity contribution in [3.8, 4) is 0 Å². The molecule has 0 unspecified atom stereocenters. The van der Waals surface area contributed by atoms with Gasteiger partial charge in [0.05, 0.1) is 6.61 Å². The van der Waals surface area contributed by atoms with Crippen LogP contribution in [0.2, 0.25) is 0 Å². The van der Waals surface area contributed by atoms with Crippen LogP contribution in [0.5, 0.6) is 0 Å². The molecule has 0 aromatic heterocycles. The van der Waals surface area contributed by atoms with Crippen LogP contribution < -0.4 is 5.32 Å². The predicted molar refractivity (Wildman–Crippen MR) is 48.6 cm³/mol. The van der Waals surface area contributed by atoms with E-state index in [4.69, 9.17) is 5.11 Å². The van der Waals surface area contributed by atoms with Crippen molar-refractivity contribution in [1.82, 2.24) is 5.32 Å². The molecule has 0 radical (unpaired) electrons. The Hall–Kier alpha value is -0.0800. The fourth-order valence-electron chi connectivity index (χ4n) is 1.20. The molecule has 2 nitrogen and oxygen atoms in total. The van der Waals surface area contributed by atoms with Crippen molar-refractivity contribution in [1.29, 1.82) is 0 Å². The molecule has 0 bridgehead atoms. The Balaban J connectivity index is 3.68. The molecule has 2 N–H and O–H groups in total. The molecular formula is C9H21NO. The summed E-state index contributed by atoms with van der Waals surface area (Å²) in [7, 11) is 0. The lowest BCUT2D eigenvalue weighted by Gasteiger charge is -2.24. The summed E-state index contributed by atoms with van der Waals surface area (Å²) >= 11 is 0. The zero-order valence-corrected chi connectivity index (χ0v) is 8.09. The van der Waals surface area contributed by atoms with Crippen LogP contribution in [-0.4, -0.2) is 23.8 Å². The summed E-state index contributed by atoms with van der Waals surface area (Å²) in [6.07, 6.45) is 1.13. The molecule has 0 aliphatic heterocycles. The Morgan fingerprint density at radius 2 is 1.82 bits per heavy atom. The number of hydrogen-bond donors (Lipinski definition) is 2. The maximum atomic E-state index is 8.80. The minimum absolute atomic E-state index is 0.224. The average molecular weight is 159 g/mol. The van der Waals surface area contributed by atoms with E-state index in [-0.39, 0.29) is 12.6 Å². The molecule has 0 aromatic rings. The monoisotopic (exact) mass is 159 g/mol. The highest BCUT2D eigenvalue weighted by molar-refractivity contribution is 4.72. The lowest BCUT2D eigenvalue weighted by atomic mass is 10.0. The van der Waals surface area contributed by atoms with Gasteiger partial charge in [-0.3, -0.25) is 0 Å². The number of hydrogen-bond acceptors (Lipinski definition) is 2. The predicted octanol–water partition coefficient (Wildman–Crippen LogP) is 1.39. The summed E-state index contributed by atoms with van der Waals surface area (Å²) in [6, 6.07) is 0.763. The first kappa shape index (κ1) is 10.9. The molecule has 11 heavy (non-hydrogen) atoms. The Bertz CT molecular complexity index is 93.6. The second-order valence-electron chi connectivity index (χ2n) is 3.51. The third-order valence-corrected chi connectivity index (χ3v) is 2.02. The molecule has 0 saturated carbocycles. The Kier molecular flexibility index (Phi) is 5.51. The van der Waals surface area contributed by atoms with Crippen molar-refractivity contribution in [2.75, 3.05) is 6.61 Å². The Morgan fingerprint density at radius 1 is 1.27 bits per heavy atom. The van der Waals surface area contributed by atoms with Gasteiger partial charge >= 0.3 is 0 Å². The number of aliphatic hydroxyl groups is 1. The fraction of sp³-hybridized carbons (Fsp3) is 1.00. The average Bonchev–Trinajstić information content (AvgIpc) is 1.99. The van der Waals surface area contributed by atoms with E-state index in [9.17, 15) is 0 Å². The van der Waals surface area contributed by atoms with Crippen molar-refractivity contribution in [2.24, 2.45) is 5.92 Å². The Morgan fingerprint density at radius 3 is 2.09 bits per heavy atom. The van der Waals surface area contributed by atoms with Crippen LogP contribution in [0.15, 0.2) is 0 Å².